The lowest BCUT2D eigenvalue weighted by atomic mass is 9.94. The molecule has 0 saturated carbocycles. The molecule has 6 nitrogen and oxygen atoms in total. The van der Waals surface area contributed by atoms with Crippen molar-refractivity contribution in [2.45, 2.75) is 30.8 Å². The molecule has 0 aliphatic rings. The topological polar surface area (TPSA) is 107 Å². The zero-order valence-corrected chi connectivity index (χ0v) is 16.7. The van der Waals surface area contributed by atoms with Gasteiger partial charge in [0.05, 0.1) is 5.75 Å². The van der Waals surface area contributed by atoms with Crippen LogP contribution in [0.3, 0.4) is 0 Å². The maximum atomic E-state index is 12.2. The number of carbonyl (C=O) groups is 1. The van der Waals surface area contributed by atoms with Gasteiger partial charge in [0.1, 0.15) is 11.6 Å². The van der Waals surface area contributed by atoms with Crippen molar-refractivity contribution in [2.24, 2.45) is 0 Å². The van der Waals surface area contributed by atoms with Crippen LogP contribution in [0, 0.1) is 0 Å². The molecular formula is C17H21Cl2N5OS. The molecule has 0 fully saturated rings. The Balaban J connectivity index is 1.92. The monoisotopic (exact) mass is 413 g/mol. The minimum atomic E-state index is -0.120. The first-order chi connectivity index (χ1) is 12.4. The number of nitrogen functional groups attached to an aromatic ring is 2. The quantitative estimate of drug-likeness (QED) is 0.449. The lowest BCUT2D eigenvalue weighted by Crippen LogP contribution is -2.30. The Morgan fingerprint density at radius 3 is 2.54 bits per heavy atom. The van der Waals surface area contributed by atoms with Crippen molar-refractivity contribution in [2.75, 3.05) is 23.8 Å². The number of hydrogen-bond donors (Lipinski definition) is 3. The molecular weight excluding hydrogens is 393 g/mol. The summed E-state index contributed by atoms with van der Waals surface area (Å²) in [6.07, 6.45) is 1.88. The fourth-order valence-corrected chi connectivity index (χ4v) is 3.76. The molecule has 0 aliphatic heterocycles. The number of nitrogens with two attached hydrogens (primary N) is 2. The van der Waals surface area contributed by atoms with Gasteiger partial charge in [0, 0.05) is 28.6 Å². The summed E-state index contributed by atoms with van der Waals surface area (Å²) in [4.78, 5) is 20.2. The molecule has 1 aromatic carbocycles. The van der Waals surface area contributed by atoms with Crippen molar-refractivity contribution in [1.29, 1.82) is 0 Å². The van der Waals surface area contributed by atoms with E-state index >= 15 is 0 Å². The summed E-state index contributed by atoms with van der Waals surface area (Å²) in [6, 6.07) is 6.91. The van der Waals surface area contributed by atoms with Gasteiger partial charge in [0.25, 0.3) is 0 Å². The Kier molecular flexibility index (Phi) is 7.81. The summed E-state index contributed by atoms with van der Waals surface area (Å²) < 4.78 is 0. The summed E-state index contributed by atoms with van der Waals surface area (Å²) >= 11 is 13.5. The predicted octanol–water partition coefficient (Wildman–Crippen LogP) is 3.74. The van der Waals surface area contributed by atoms with Gasteiger partial charge in [-0.1, -0.05) is 54.4 Å². The zero-order chi connectivity index (χ0) is 19.1. The molecule has 0 unspecified atom stereocenters. The summed E-state index contributed by atoms with van der Waals surface area (Å²) in [5, 5.41) is 4.52. The molecule has 2 rings (SSSR count). The van der Waals surface area contributed by atoms with Crippen LogP contribution in [0.25, 0.3) is 0 Å². The fourth-order valence-electron chi connectivity index (χ4n) is 2.49. The van der Waals surface area contributed by atoms with Gasteiger partial charge in [-0.2, -0.15) is 0 Å². The van der Waals surface area contributed by atoms with Gasteiger partial charge in [-0.05, 0) is 24.1 Å². The molecule has 140 valence electrons. The third-order valence-corrected chi connectivity index (χ3v) is 5.07. The van der Waals surface area contributed by atoms with E-state index in [2.05, 4.69) is 22.2 Å². The van der Waals surface area contributed by atoms with Crippen LogP contribution < -0.4 is 16.8 Å². The first kappa shape index (κ1) is 20.6. The van der Waals surface area contributed by atoms with Gasteiger partial charge in [-0.3, -0.25) is 4.79 Å². The average molecular weight is 414 g/mol. The number of rotatable bonds is 8. The van der Waals surface area contributed by atoms with Crippen LogP contribution in [0.15, 0.2) is 29.4 Å². The highest BCUT2D eigenvalue weighted by atomic mass is 35.5. The van der Waals surface area contributed by atoms with Crippen molar-refractivity contribution in [1.82, 2.24) is 15.3 Å². The molecule has 0 bridgehead atoms. The van der Waals surface area contributed by atoms with Crippen LogP contribution >= 0.6 is 35.0 Å². The third kappa shape index (κ3) is 6.23. The van der Waals surface area contributed by atoms with Crippen molar-refractivity contribution in [3.05, 3.63) is 39.9 Å². The molecule has 0 radical (unpaired) electrons. The minimum Gasteiger partial charge on any atom is -0.383 e. The highest BCUT2D eigenvalue weighted by molar-refractivity contribution is 7.99. The van der Waals surface area contributed by atoms with E-state index in [0.717, 1.165) is 18.4 Å². The molecule has 0 aliphatic carbocycles. The van der Waals surface area contributed by atoms with Crippen LogP contribution in [0.5, 0.6) is 0 Å². The number of halogens is 2. The highest BCUT2D eigenvalue weighted by Gasteiger charge is 2.16. The van der Waals surface area contributed by atoms with Gasteiger partial charge in [0.2, 0.25) is 5.91 Å². The summed E-state index contributed by atoms with van der Waals surface area (Å²) in [5.41, 5.74) is 12.2. The van der Waals surface area contributed by atoms with Gasteiger partial charge in [-0.25, -0.2) is 9.97 Å². The van der Waals surface area contributed by atoms with E-state index in [1.54, 1.807) is 6.07 Å². The van der Waals surface area contributed by atoms with Crippen molar-refractivity contribution < 1.29 is 4.79 Å². The number of aromatic nitrogens is 2. The van der Waals surface area contributed by atoms with Crippen LogP contribution in [0.4, 0.5) is 11.6 Å². The van der Waals surface area contributed by atoms with E-state index in [0.29, 0.717) is 21.7 Å². The number of thioether (sulfide) groups is 1. The molecule has 5 N–H and O–H groups in total. The van der Waals surface area contributed by atoms with Crippen LogP contribution in [0.2, 0.25) is 10.0 Å². The number of anilines is 2. The normalized spacial score (nSPS) is 12.0. The number of carbonyl (C=O) groups excluding carboxylic acids is 1. The number of hydrogen-bond acceptors (Lipinski definition) is 6. The van der Waals surface area contributed by atoms with Crippen molar-refractivity contribution >= 4 is 52.5 Å². The summed E-state index contributed by atoms with van der Waals surface area (Å²) in [6.45, 7) is 2.59. The Bertz CT molecular complexity index is 755. The van der Waals surface area contributed by atoms with E-state index in [-0.39, 0.29) is 29.2 Å². The fraction of sp³-hybridized carbons (Fsp3) is 0.353. The van der Waals surface area contributed by atoms with E-state index in [1.807, 2.05) is 12.1 Å². The zero-order valence-electron chi connectivity index (χ0n) is 14.3. The van der Waals surface area contributed by atoms with Crippen molar-refractivity contribution in [3.8, 4) is 0 Å². The average Bonchev–Trinajstić information content (AvgIpc) is 2.56. The third-order valence-electron chi connectivity index (χ3n) is 3.66. The number of nitrogens with zero attached hydrogens (tertiary/aromatic N) is 2. The maximum absolute atomic E-state index is 12.2. The first-order valence-corrected chi connectivity index (χ1v) is 9.87. The van der Waals surface area contributed by atoms with Gasteiger partial charge >= 0.3 is 0 Å². The molecule has 9 heteroatoms. The Morgan fingerprint density at radius 1 is 1.23 bits per heavy atom. The van der Waals surface area contributed by atoms with Crippen LogP contribution in [-0.2, 0) is 4.79 Å². The molecule has 0 spiro atoms. The molecule has 1 aromatic heterocycles. The Labute approximate surface area is 167 Å². The van der Waals surface area contributed by atoms with Crippen LogP contribution in [0.1, 0.15) is 31.2 Å². The smallest absolute Gasteiger partial charge is 0.230 e. The highest BCUT2D eigenvalue weighted by Crippen LogP contribution is 2.30. The largest absolute Gasteiger partial charge is 0.383 e. The number of amides is 1. The van der Waals surface area contributed by atoms with Gasteiger partial charge < -0.3 is 16.8 Å². The summed E-state index contributed by atoms with van der Waals surface area (Å²) in [5.74, 6) is 0.737. The van der Waals surface area contributed by atoms with Crippen LogP contribution in [-0.4, -0.2) is 28.2 Å². The standard InChI is InChI=1S/C17H21Cl2N5OS/c1-2-3-10(12-5-4-11(18)6-13(12)19)8-22-16(25)9-26-17-23-14(20)7-15(21)24-17/h4-7,10H,2-3,8-9H2,1H3,(H,22,25)(H4,20,21,23,24)/t10-/m0/s1. The second kappa shape index (κ2) is 9.85. The predicted molar refractivity (Wildman–Crippen MR) is 109 cm³/mol. The minimum absolute atomic E-state index is 0.120. The number of nitrogens with one attached hydrogen (secondary N) is 1. The maximum Gasteiger partial charge on any atom is 0.230 e. The van der Waals surface area contributed by atoms with E-state index in [9.17, 15) is 4.79 Å². The summed E-state index contributed by atoms with van der Waals surface area (Å²) in [7, 11) is 0. The number of benzene rings is 1. The Hall–Kier alpha value is -1.70. The molecule has 1 amide bonds. The van der Waals surface area contributed by atoms with E-state index in [4.69, 9.17) is 34.7 Å². The van der Waals surface area contributed by atoms with E-state index < -0.39 is 0 Å². The van der Waals surface area contributed by atoms with Crippen molar-refractivity contribution in [3.63, 3.8) is 0 Å². The van der Waals surface area contributed by atoms with E-state index in [1.165, 1.54) is 17.8 Å². The lowest BCUT2D eigenvalue weighted by molar-refractivity contribution is -0.118. The SMILES string of the molecule is CCC[C@@H](CNC(=O)CSc1nc(N)cc(N)n1)c1ccc(Cl)cc1Cl. The Morgan fingerprint density at radius 2 is 1.92 bits per heavy atom. The molecule has 0 saturated heterocycles. The molecule has 26 heavy (non-hydrogen) atoms. The second-order valence-electron chi connectivity index (χ2n) is 5.74. The van der Waals surface area contributed by atoms with Gasteiger partial charge in [0.15, 0.2) is 5.16 Å². The second-order valence-corrected chi connectivity index (χ2v) is 7.53. The molecule has 2 aromatic rings. The lowest BCUT2D eigenvalue weighted by Gasteiger charge is -2.19. The molecule has 1 atom stereocenters. The first-order valence-electron chi connectivity index (χ1n) is 8.13. The molecule has 1 heterocycles. The van der Waals surface area contributed by atoms with Gasteiger partial charge in [-0.15, -0.1) is 0 Å².